The number of hydrogen-bond acceptors (Lipinski definition) is 6. The van der Waals surface area contributed by atoms with Crippen LogP contribution in [0, 0.1) is 12.7 Å². The summed E-state index contributed by atoms with van der Waals surface area (Å²) < 4.78 is 20.2. The van der Waals surface area contributed by atoms with Crippen molar-refractivity contribution >= 4 is 32.8 Å². The van der Waals surface area contributed by atoms with E-state index in [2.05, 4.69) is 21.1 Å². The Hall–Kier alpha value is -3.26. The molecule has 8 heteroatoms. The predicted molar refractivity (Wildman–Crippen MR) is 110 cm³/mol. The van der Waals surface area contributed by atoms with Gasteiger partial charge >= 0.3 is 0 Å². The van der Waals surface area contributed by atoms with Gasteiger partial charge in [0.2, 0.25) is 0 Å². The summed E-state index contributed by atoms with van der Waals surface area (Å²) >= 11 is 1.46. The number of fused-ring (bicyclic) bond motifs is 2. The summed E-state index contributed by atoms with van der Waals surface area (Å²) in [6.07, 6.45) is 8.39. The fourth-order valence-electron chi connectivity index (χ4n) is 3.55. The molecule has 0 radical (unpaired) electrons. The molecule has 146 valence electrons. The number of hydrogen-bond donors (Lipinski definition) is 0. The summed E-state index contributed by atoms with van der Waals surface area (Å²) in [5, 5.41) is 6.75. The van der Waals surface area contributed by atoms with Crippen LogP contribution in [-0.4, -0.2) is 32.5 Å². The van der Waals surface area contributed by atoms with Crippen LogP contribution in [0.4, 0.5) is 4.39 Å². The van der Waals surface area contributed by atoms with Crippen molar-refractivity contribution < 1.29 is 8.91 Å². The van der Waals surface area contributed by atoms with E-state index >= 15 is 0 Å². The molecule has 0 spiro atoms. The summed E-state index contributed by atoms with van der Waals surface area (Å²) in [4.78, 5) is 20.1. The third-order valence-electron chi connectivity index (χ3n) is 5.13. The molecule has 29 heavy (non-hydrogen) atoms. The van der Waals surface area contributed by atoms with Crippen molar-refractivity contribution in [2.45, 2.75) is 13.3 Å². The van der Waals surface area contributed by atoms with Gasteiger partial charge in [-0.25, -0.2) is 9.37 Å². The SMILES string of the molecule is Cc1nc2sccn2c(=O)c1CCN1C=CC(c2noc3cc(F)ccc23)=CC1. The zero-order valence-corrected chi connectivity index (χ0v) is 16.4. The van der Waals surface area contributed by atoms with Crippen LogP contribution in [0.3, 0.4) is 0 Å². The van der Waals surface area contributed by atoms with E-state index in [1.807, 2.05) is 24.6 Å². The molecule has 4 aromatic rings. The van der Waals surface area contributed by atoms with Gasteiger partial charge in [0.1, 0.15) is 11.5 Å². The van der Waals surface area contributed by atoms with E-state index < -0.39 is 0 Å². The van der Waals surface area contributed by atoms with Crippen molar-refractivity contribution in [3.05, 3.63) is 81.3 Å². The highest BCUT2D eigenvalue weighted by atomic mass is 32.1. The number of aryl methyl sites for hydroxylation is 1. The first-order valence-corrected chi connectivity index (χ1v) is 10.1. The van der Waals surface area contributed by atoms with E-state index in [1.165, 1.54) is 23.5 Å². The summed E-state index contributed by atoms with van der Waals surface area (Å²) in [6, 6.07) is 4.42. The predicted octanol–water partition coefficient (Wildman–Crippen LogP) is 3.80. The lowest BCUT2D eigenvalue weighted by Crippen LogP contribution is -2.27. The lowest BCUT2D eigenvalue weighted by atomic mass is 10.1. The maximum atomic E-state index is 13.3. The van der Waals surface area contributed by atoms with Gasteiger partial charge < -0.3 is 9.42 Å². The van der Waals surface area contributed by atoms with E-state index in [0.717, 1.165) is 27.2 Å². The van der Waals surface area contributed by atoms with Crippen molar-refractivity contribution in [1.29, 1.82) is 0 Å². The molecule has 0 amide bonds. The van der Waals surface area contributed by atoms with E-state index in [9.17, 15) is 9.18 Å². The summed E-state index contributed by atoms with van der Waals surface area (Å²) in [5.74, 6) is -0.346. The number of nitrogens with zero attached hydrogens (tertiary/aromatic N) is 4. The van der Waals surface area contributed by atoms with Crippen LogP contribution in [-0.2, 0) is 6.42 Å². The smallest absolute Gasteiger partial charge is 0.262 e. The van der Waals surface area contributed by atoms with Crippen molar-refractivity contribution in [3.63, 3.8) is 0 Å². The molecule has 5 rings (SSSR count). The van der Waals surface area contributed by atoms with Gasteiger partial charge in [0.15, 0.2) is 10.5 Å². The van der Waals surface area contributed by atoms with Crippen molar-refractivity contribution in [2.24, 2.45) is 0 Å². The molecule has 0 saturated heterocycles. The van der Waals surface area contributed by atoms with Crippen LogP contribution in [0.15, 0.2) is 57.4 Å². The second-order valence-electron chi connectivity index (χ2n) is 6.93. The standard InChI is InChI=1S/C21H17FN4O2S/c1-13-16(20(27)26-10-11-29-21(26)23-13)6-9-25-7-4-14(5-8-25)19-17-3-2-15(22)12-18(17)28-24-19/h2-5,7,10-12H,6,8-9H2,1H3. The number of thiazole rings is 1. The van der Waals surface area contributed by atoms with Crippen molar-refractivity contribution in [1.82, 2.24) is 19.4 Å². The minimum Gasteiger partial charge on any atom is -0.373 e. The first kappa shape index (κ1) is 17.8. The summed E-state index contributed by atoms with van der Waals surface area (Å²) in [6.45, 7) is 3.29. The molecule has 3 aromatic heterocycles. The molecule has 0 aliphatic carbocycles. The van der Waals surface area contributed by atoms with Crippen LogP contribution >= 0.6 is 11.3 Å². The molecule has 0 bridgehead atoms. The number of halogens is 1. The molecule has 1 aliphatic heterocycles. The van der Waals surface area contributed by atoms with Gasteiger partial charge in [-0.3, -0.25) is 9.20 Å². The Balaban J connectivity index is 1.32. The molecular formula is C21H17FN4O2S. The molecule has 0 atom stereocenters. The molecule has 1 aromatic carbocycles. The average Bonchev–Trinajstić information content (AvgIpc) is 3.35. The maximum Gasteiger partial charge on any atom is 0.262 e. The monoisotopic (exact) mass is 408 g/mol. The largest absolute Gasteiger partial charge is 0.373 e. The first-order valence-electron chi connectivity index (χ1n) is 9.23. The maximum absolute atomic E-state index is 13.3. The number of allylic oxidation sites excluding steroid dienone is 2. The highest BCUT2D eigenvalue weighted by Crippen LogP contribution is 2.27. The van der Waals surface area contributed by atoms with Gasteiger partial charge in [-0.05, 0) is 31.6 Å². The molecule has 0 N–H and O–H groups in total. The van der Waals surface area contributed by atoms with E-state index in [1.54, 1.807) is 16.7 Å². The fourth-order valence-corrected chi connectivity index (χ4v) is 4.30. The number of aromatic nitrogens is 3. The molecule has 6 nitrogen and oxygen atoms in total. The lowest BCUT2D eigenvalue weighted by molar-refractivity contribution is 0.415. The second kappa shape index (κ2) is 6.97. The second-order valence-corrected chi connectivity index (χ2v) is 7.80. The average molecular weight is 408 g/mol. The fraction of sp³-hybridized carbons (Fsp3) is 0.190. The minimum atomic E-state index is -0.346. The van der Waals surface area contributed by atoms with E-state index in [4.69, 9.17) is 4.52 Å². The van der Waals surface area contributed by atoms with Crippen LogP contribution in [0.1, 0.15) is 17.0 Å². The molecule has 1 aliphatic rings. The Morgan fingerprint density at radius 3 is 3.07 bits per heavy atom. The van der Waals surface area contributed by atoms with Gasteiger partial charge in [-0.2, -0.15) is 0 Å². The van der Waals surface area contributed by atoms with E-state index in [0.29, 0.717) is 30.8 Å². The lowest BCUT2D eigenvalue weighted by Gasteiger charge is -2.22. The van der Waals surface area contributed by atoms with Crippen molar-refractivity contribution in [3.8, 4) is 0 Å². The summed E-state index contributed by atoms with van der Waals surface area (Å²) in [5.41, 5.74) is 3.61. The minimum absolute atomic E-state index is 0.00673. The Kier molecular flexibility index (Phi) is 4.28. The van der Waals surface area contributed by atoms with Gasteiger partial charge in [-0.15, -0.1) is 11.3 Å². The summed E-state index contributed by atoms with van der Waals surface area (Å²) in [7, 11) is 0. The Bertz CT molecular complexity index is 1350. The van der Waals surface area contributed by atoms with Crippen LogP contribution < -0.4 is 5.56 Å². The van der Waals surface area contributed by atoms with E-state index in [-0.39, 0.29) is 11.4 Å². The molecular weight excluding hydrogens is 391 g/mol. The third kappa shape index (κ3) is 3.15. The van der Waals surface area contributed by atoms with Gasteiger partial charge in [0, 0.05) is 59.1 Å². The molecule has 0 saturated carbocycles. The quantitative estimate of drug-likeness (QED) is 0.514. The Labute approximate surface area is 169 Å². The van der Waals surface area contributed by atoms with Gasteiger partial charge in [0.25, 0.3) is 5.56 Å². The van der Waals surface area contributed by atoms with Crippen LogP contribution in [0.5, 0.6) is 0 Å². The normalized spacial score (nSPS) is 14.1. The number of benzene rings is 1. The zero-order chi connectivity index (χ0) is 20.0. The molecule has 4 heterocycles. The van der Waals surface area contributed by atoms with Gasteiger partial charge in [0.05, 0.1) is 0 Å². The third-order valence-corrected chi connectivity index (χ3v) is 5.89. The molecule has 0 unspecified atom stereocenters. The molecule has 0 fully saturated rings. The topological polar surface area (TPSA) is 63.6 Å². The highest BCUT2D eigenvalue weighted by molar-refractivity contribution is 7.15. The Morgan fingerprint density at radius 1 is 1.34 bits per heavy atom. The first-order chi connectivity index (χ1) is 14.1. The van der Waals surface area contributed by atoms with Gasteiger partial charge in [-0.1, -0.05) is 11.2 Å². The Morgan fingerprint density at radius 2 is 2.24 bits per heavy atom. The van der Waals surface area contributed by atoms with Crippen molar-refractivity contribution in [2.75, 3.05) is 13.1 Å². The highest BCUT2D eigenvalue weighted by Gasteiger charge is 2.16. The van der Waals surface area contributed by atoms with Crippen LogP contribution in [0.2, 0.25) is 0 Å². The van der Waals surface area contributed by atoms with Crippen LogP contribution in [0.25, 0.3) is 21.5 Å². The number of rotatable bonds is 4. The zero-order valence-electron chi connectivity index (χ0n) is 15.6.